The van der Waals surface area contributed by atoms with Gasteiger partial charge in [0, 0.05) is 62.4 Å². The maximum atomic E-state index is 12.5. The lowest BCUT2D eigenvalue weighted by molar-refractivity contribution is 0.174. The van der Waals surface area contributed by atoms with Gasteiger partial charge in [-0.3, -0.25) is 4.90 Å². The molecule has 0 spiro atoms. The lowest BCUT2D eigenvalue weighted by atomic mass is 10.1. The van der Waals surface area contributed by atoms with E-state index in [1.165, 1.54) is 0 Å². The molecule has 0 N–H and O–H groups in total. The van der Waals surface area contributed by atoms with E-state index < -0.39 is 0 Å². The molecular weight excluding hydrogens is 347 g/mol. The highest BCUT2D eigenvalue weighted by atomic mass is 19.1. The molecule has 5 rings (SSSR count). The second kappa shape index (κ2) is 6.74. The van der Waals surface area contributed by atoms with Gasteiger partial charge in [0.2, 0.25) is 6.79 Å². The van der Waals surface area contributed by atoms with Crippen molar-refractivity contribution < 1.29 is 13.9 Å². The average Bonchev–Trinajstić information content (AvgIpc) is 3.34. The highest BCUT2D eigenvalue weighted by Crippen LogP contribution is 2.35. The van der Waals surface area contributed by atoms with Crippen LogP contribution >= 0.6 is 0 Å². The predicted molar refractivity (Wildman–Crippen MR) is 101 cm³/mol. The van der Waals surface area contributed by atoms with Gasteiger partial charge in [0.05, 0.1) is 5.69 Å². The Hall–Kier alpha value is -2.80. The Balaban J connectivity index is 1.39. The van der Waals surface area contributed by atoms with E-state index in [9.17, 15) is 4.39 Å². The van der Waals surface area contributed by atoms with E-state index in [0.717, 1.165) is 60.3 Å². The van der Waals surface area contributed by atoms with Crippen molar-refractivity contribution in [1.29, 1.82) is 0 Å². The number of pyridine rings is 1. The minimum atomic E-state index is -0.275. The van der Waals surface area contributed by atoms with E-state index in [2.05, 4.69) is 21.9 Å². The molecule has 2 aliphatic heterocycles. The van der Waals surface area contributed by atoms with Crippen LogP contribution in [0.3, 0.4) is 0 Å². The molecule has 1 saturated heterocycles. The Morgan fingerprint density at radius 1 is 1.00 bits per heavy atom. The van der Waals surface area contributed by atoms with Crippen LogP contribution in [0.25, 0.3) is 16.9 Å². The summed E-state index contributed by atoms with van der Waals surface area (Å²) in [6.07, 6.45) is 4.07. The maximum Gasteiger partial charge on any atom is 0.231 e. The highest BCUT2D eigenvalue weighted by Gasteiger charge is 2.18. The Kier molecular flexibility index (Phi) is 4.09. The Morgan fingerprint density at radius 3 is 2.70 bits per heavy atom. The number of halogens is 1. The van der Waals surface area contributed by atoms with Crippen molar-refractivity contribution in [2.45, 2.75) is 0 Å². The number of alkyl halides is 1. The zero-order chi connectivity index (χ0) is 18.2. The smallest absolute Gasteiger partial charge is 0.231 e. The minimum absolute atomic E-state index is 0.270. The third-order valence-corrected chi connectivity index (χ3v) is 5.25. The van der Waals surface area contributed by atoms with Crippen LogP contribution in [-0.4, -0.2) is 60.5 Å². The Labute approximate surface area is 156 Å². The molecule has 0 radical (unpaired) electrons. The van der Waals surface area contributed by atoms with Gasteiger partial charge in [-0.1, -0.05) is 0 Å². The van der Waals surface area contributed by atoms with E-state index in [1.807, 2.05) is 35.0 Å². The largest absolute Gasteiger partial charge is 0.454 e. The van der Waals surface area contributed by atoms with Gasteiger partial charge in [0.25, 0.3) is 0 Å². The number of anilines is 1. The number of benzene rings is 1. The van der Waals surface area contributed by atoms with E-state index >= 15 is 0 Å². The van der Waals surface area contributed by atoms with Crippen LogP contribution in [0.1, 0.15) is 0 Å². The van der Waals surface area contributed by atoms with Crippen molar-refractivity contribution in [2.75, 3.05) is 51.1 Å². The first-order chi connectivity index (χ1) is 13.3. The second-order valence-corrected chi connectivity index (χ2v) is 6.86. The zero-order valence-electron chi connectivity index (χ0n) is 15.0. The third kappa shape index (κ3) is 3.08. The number of aromatic nitrogens is 2. The first-order valence-electron chi connectivity index (χ1n) is 9.22. The summed E-state index contributed by atoms with van der Waals surface area (Å²) in [5, 5.41) is 0. The number of rotatable bonds is 4. The fourth-order valence-electron chi connectivity index (χ4n) is 3.71. The SMILES string of the molecule is FCCN1CCN(c2ccn3cc(-c4ccc5c(c4)OCO5)nc3c2)CC1. The quantitative estimate of drug-likeness (QED) is 0.708. The molecule has 0 aliphatic carbocycles. The molecule has 0 amide bonds. The van der Waals surface area contributed by atoms with Crippen molar-refractivity contribution in [3.05, 3.63) is 42.7 Å². The maximum absolute atomic E-state index is 12.5. The van der Waals surface area contributed by atoms with Crippen molar-refractivity contribution in [3.63, 3.8) is 0 Å². The van der Waals surface area contributed by atoms with Gasteiger partial charge in [-0.15, -0.1) is 0 Å². The molecule has 27 heavy (non-hydrogen) atoms. The normalized spacial score (nSPS) is 17.0. The van der Waals surface area contributed by atoms with Gasteiger partial charge in [0.1, 0.15) is 12.3 Å². The van der Waals surface area contributed by atoms with Crippen LogP contribution in [0.4, 0.5) is 10.1 Å². The van der Waals surface area contributed by atoms with Crippen LogP contribution in [-0.2, 0) is 0 Å². The summed E-state index contributed by atoms with van der Waals surface area (Å²) in [6.45, 7) is 4.14. The van der Waals surface area contributed by atoms with Crippen LogP contribution in [0.5, 0.6) is 11.5 Å². The predicted octanol–water partition coefficient (Wildman–Crippen LogP) is 2.82. The fourth-order valence-corrected chi connectivity index (χ4v) is 3.71. The molecular formula is C20H21FN4O2. The molecule has 3 aromatic rings. The second-order valence-electron chi connectivity index (χ2n) is 6.86. The third-order valence-electron chi connectivity index (χ3n) is 5.25. The summed E-state index contributed by atoms with van der Waals surface area (Å²) in [4.78, 5) is 9.29. The number of piperazine rings is 1. The average molecular weight is 368 g/mol. The molecule has 7 heteroatoms. The van der Waals surface area contributed by atoms with Crippen LogP contribution in [0.2, 0.25) is 0 Å². The number of ether oxygens (including phenoxy) is 2. The van der Waals surface area contributed by atoms with Crippen LogP contribution in [0.15, 0.2) is 42.7 Å². The van der Waals surface area contributed by atoms with Crippen LogP contribution in [0, 0.1) is 0 Å². The standard InChI is InChI=1S/C20H21FN4O2/c21-4-6-23-7-9-24(10-8-23)16-3-5-25-13-17(22-20(25)12-16)15-1-2-18-19(11-15)27-14-26-18/h1-3,5,11-13H,4,6-10,14H2. The van der Waals surface area contributed by atoms with Gasteiger partial charge in [-0.05, 0) is 24.3 Å². The molecule has 1 aromatic carbocycles. The number of hydrogen-bond donors (Lipinski definition) is 0. The number of imidazole rings is 1. The van der Waals surface area contributed by atoms with Crippen LogP contribution < -0.4 is 14.4 Å². The van der Waals surface area contributed by atoms with Gasteiger partial charge in [-0.2, -0.15) is 0 Å². The molecule has 0 unspecified atom stereocenters. The number of hydrogen-bond acceptors (Lipinski definition) is 5. The van der Waals surface area contributed by atoms with Gasteiger partial charge in [0.15, 0.2) is 11.5 Å². The molecule has 4 heterocycles. The summed E-state index contributed by atoms with van der Waals surface area (Å²) in [5.74, 6) is 1.54. The van der Waals surface area contributed by atoms with Crippen molar-refractivity contribution in [1.82, 2.24) is 14.3 Å². The fraction of sp³-hybridized carbons (Fsp3) is 0.350. The molecule has 1 fully saturated rings. The lowest BCUT2D eigenvalue weighted by Gasteiger charge is -2.35. The molecule has 0 atom stereocenters. The van der Waals surface area contributed by atoms with E-state index in [-0.39, 0.29) is 13.5 Å². The Morgan fingerprint density at radius 2 is 1.85 bits per heavy atom. The number of nitrogens with zero attached hydrogens (tertiary/aromatic N) is 4. The molecule has 2 aliphatic rings. The zero-order valence-corrected chi connectivity index (χ0v) is 15.0. The lowest BCUT2D eigenvalue weighted by Crippen LogP contribution is -2.47. The molecule has 0 bridgehead atoms. The van der Waals surface area contributed by atoms with E-state index in [1.54, 1.807) is 0 Å². The van der Waals surface area contributed by atoms with Crippen molar-refractivity contribution >= 4 is 11.3 Å². The minimum Gasteiger partial charge on any atom is -0.454 e. The molecule has 6 nitrogen and oxygen atoms in total. The summed E-state index contributed by atoms with van der Waals surface area (Å²) in [5.41, 5.74) is 3.97. The molecule has 140 valence electrons. The van der Waals surface area contributed by atoms with Crippen molar-refractivity contribution in [3.8, 4) is 22.8 Å². The summed E-state index contributed by atoms with van der Waals surface area (Å²) in [6, 6.07) is 10.1. The molecule has 2 aromatic heterocycles. The van der Waals surface area contributed by atoms with E-state index in [0.29, 0.717) is 6.54 Å². The highest BCUT2D eigenvalue weighted by molar-refractivity contribution is 5.68. The van der Waals surface area contributed by atoms with E-state index in [4.69, 9.17) is 14.5 Å². The molecule has 0 saturated carbocycles. The topological polar surface area (TPSA) is 42.2 Å². The first kappa shape index (κ1) is 16.4. The number of fused-ring (bicyclic) bond motifs is 2. The summed E-state index contributed by atoms with van der Waals surface area (Å²) >= 11 is 0. The monoisotopic (exact) mass is 368 g/mol. The summed E-state index contributed by atoms with van der Waals surface area (Å²) in [7, 11) is 0. The van der Waals surface area contributed by atoms with Gasteiger partial charge in [-0.25, -0.2) is 9.37 Å². The Bertz CT molecular complexity index is 966. The summed E-state index contributed by atoms with van der Waals surface area (Å²) < 4.78 is 25.4. The van der Waals surface area contributed by atoms with Crippen molar-refractivity contribution in [2.24, 2.45) is 0 Å². The van der Waals surface area contributed by atoms with Gasteiger partial charge >= 0.3 is 0 Å². The first-order valence-corrected chi connectivity index (χ1v) is 9.22. The van der Waals surface area contributed by atoms with Gasteiger partial charge < -0.3 is 18.8 Å².